The van der Waals surface area contributed by atoms with Crippen LogP contribution in [0.3, 0.4) is 0 Å². The average Bonchev–Trinajstić information content (AvgIpc) is 2.29. The monoisotopic (exact) mass is 277 g/mol. The van der Waals surface area contributed by atoms with Crippen molar-refractivity contribution < 1.29 is 4.39 Å². The number of hydrogen-bond donors (Lipinski definition) is 0. The average molecular weight is 278 g/mol. The van der Waals surface area contributed by atoms with E-state index in [1.54, 1.807) is 12.1 Å². The molecule has 0 saturated carbocycles. The number of nitriles is 1. The van der Waals surface area contributed by atoms with E-state index in [0.717, 1.165) is 0 Å². The van der Waals surface area contributed by atoms with Crippen LogP contribution in [0.2, 0.25) is 0 Å². The molecular formula is C11H5BrFN3. The largest absolute Gasteiger partial charge is 0.236 e. The highest BCUT2D eigenvalue weighted by atomic mass is 79.9. The van der Waals surface area contributed by atoms with Gasteiger partial charge in [0.15, 0.2) is 5.82 Å². The molecule has 0 spiro atoms. The van der Waals surface area contributed by atoms with Crippen LogP contribution in [0.1, 0.15) is 5.69 Å². The van der Waals surface area contributed by atoms with E-state index < -0.39 is 5.82 Å². The van der Waals surface area contributed by atoms with Gasteiger partial charge in [-0.1, -0.05) is 15.9 Å². The van der Waals surface area contributed by atoms with E-state index in [4.69, 9.17) is 5.26 Å². The standard InChI is InChI=1S/C11H5BrFN3/c12-7-1-2-9(10(13)5-7)11-15-4-3-8(6-14)16-11/h1-5H. The van der Waals surface area contributed by atoms with E-state index in [2.05, 4.69) is 25.9 Å². The maximum Gasteiger partial charge on any atom is 0.163 e. The summed E-state index contributed by atoms with van der Waals surface area (Å²) in [5.41, 5.74) is 0.493. The Kier molecular flexibility index (Phi) is 2.93. The van der Waals surface area contributed by atoms with Crippen molar-refractivity contribution in [2.45, 2.75) is 0 Å². The lowest BCUT2D eigenvalue weighted by Gasteiger charge is -2.01. The molecule has 0 atom stereocenters. The lowest BCUT2D eigenvalue weighted by molar-refractivity contribution is 0.629. The summed E-state index contributed by atoms with van der Waals surface area (Å²) < 4.78 is 14.2. The number of benzene rings is 1. The second-order valence-electron chi connectivity index (χ2n) is 3.00. The molecule has 1 aromatic carbocycles. The van der Waals surface area contributed by atoms with Crippen molar-refractivity contribution in [3.63, 3.8) is 0 Å². The van der Waals surface area contributed by atoms with Crippen LogP contribution in [-0.2, 0) is 0 Å². The van der Waals surface area contributed by atoms with Crippen molar-refractivity contribution >= 4 is 15.9 Å². The number of hydrogen-bond acceptors (Lipinski definition) is 3. The summed E-state index contributed by atoms with van der Waals surface area (Å²) in [5, 5.41) is 8.68. The van der Waals surface area contributed by atoms with Gasteiger partial charge in [-0.2, -0.15) is 5.26 Å². The van der Waals surface area contributed by atoms with Gasteiger partial charge in [-0.15, -0.1) is 0 Å². The lowest BCUT2D eigenvalue weighted by atomic mass is 10.2. The summed E-state index contributed by atoms with van der Waals surface area (Å²) in [6.45, 7) is 0. The van der Waals surface area contributed by atoms with Gasteiger partial charge in [-0.05, 0) is 24.3 Å². The van der Waals surface area contributed by atoms with E-state index in [0.29, 0.717) is 4.47 Å². The topological polar surface area (TPSA) is 49.6 Å². The smallest absolute Gasteiger partial charge is 0.163 e. The molecular weight excluding hydrogens is 273 g/mol. The Balaban J connectivity index is 2.55. The minimum Gasteiger partial charge on any atom is -0.236 e. The highest BCUT2D eigenvalue weighted by Crippen LogP contribution is 2.22. The molecule has 0 radical (unpaired) electrons. The first-order chi connectivity index (χ1) is 7.70. The van der Waals surface area contributed by atoms with Gasteiger partial charge in [-0.3, -0.25) is 0 Å². The third kappa shape index (κ3) is 2.07. The molecule has 0 aliphatic carbocycles. The zero-order valence-electron chi connectivity index (χ0n) is 7.98. The highest BCUT2D eigenvalue weighted by molar-refractivity contribution is 9.10. The SMILES string of the molecule is N#Cc1ccnc(-c2ccc(Br)cc2F)n1. The van der Waals surface area contributed by atoms with Crippen LogP contribution in [0, 0.1) is 17.1 Å². The molecule has 0 amide bonds. The van der Waals surface area contributed by atoms with Crippen molar-refractivity contribution in [1.82, 2.24) is 9.97 Å². The fraction of sp³-hybridized carbons (Fsp3) is 0. The van der Waals surface area contributed by atoms with Crippen LogP contribution >= 0.6 is 15.9 Å². The molecule has 1 heterocycles. The molecule has 1 aromatic heterocycles. The summed E-state index contributed by atoms with van der Waals surface area (Å²) in [7, 11) is 0. The maximum absolute atomic E-state index is 13.6. The first-order valence-corrected chi connectivity index (χ1v) is 5.18. The Morgan fingerprint density at radius 3 is 2.81 bits per heavy atom. The van der Waals surface area contributed by atoms with Crippen LogP contribution in [0.15, 0.2) is 34.9 Å². The van der Waals surface area contributed by atoms with E-state index in [9.17, 15) is 4.39 Å². The summed E-state index contributed by atoms with van der Waals surface area (Å²) >= 11 is 3.16. The molecule has 0 aliphatic rings. The first kappa shape index (κ1) is 10.7. The predicted octanol–water partition coefficient (Wildman–Crippen LogP) is 2.92. The van der Waals surface area contributed by atoms with E-state index in [1.807, 2.05) is 6.07 Å². The van der Waals surface area contributed by atoms with Crippen LogP contribution in [-0.4, -0.2) is 9.97 Å². The summed E-state index contributed by atoms with van der Waals surface area (Å²) in [6.07, 6.45) is 1.43. The van der Waals surface area contributed by atoms with Gasteiger partial charge in [0.05, 0.1) is 5.56 Å². The third-order valence-corrected chi connectivity index (χ3v) is 2.44. The molecule has 16 heavy (non-hydrogen) atoms. The minimum atomic E-state index is -0.426. The molecule has 2 rings (SSSR count). The van der Waals surface area contributed by atoms with Gasteiger partial charge in [0, 0.05) is 10.7 Å². The van der Waals surface area contributed by atoms with E-state index >= 15 is 0 Å². The molecule has 0 fully saturated rings. The second-order valence-corrected chi connectivity index (χ2v) is 3.92. The number of nitrogens with zero attached hydrogens (tertiary/aromatic N) is 3. The molecule has 2 aromatic rings. The molecule has 0 aliphatic heterocycles. The Labute approximate surface area is 99.7 Å². The Bertz CT molecular complexity index is 578. The van der Waals surface area contributed by atoms with Crippen LogP contribution in [0.5, 0.6) is 0 Å². The summed E-state index contributed by atoms with van der Waals surface area (Å²) in [5.74, 6) is -0.214. The van der Waals surface area contributed by atoms with Gasteiger partial charge in [0.25, 0.3) is 0 Å². The molecule has 5 heteroatoms. The number of aromatic nitrogens is 2. The van der Waals surface area contributed by atoms with Gasteiger partial charge < -0.3 is 0 Å². The summed E-state index contributed by atoms with van der Waals surface area (Å²) in [6, 6.07) is 7.95. The molecule has 0 N–H and O–H groups in total. The molecule has 78 valence electrons. The molecule has 3 nitrogen and oxygen atoms in total. The fourth-order valence-electron chi connectivity index (χ4n) is 1.22. The highest BCUT2D eigenvalue weighted by Gasteiger charge is 2.08. The quantitative estimate of drug-likeness (QED) is 0.805. The summed E-state index contributed by atoms with van der Waals surface area (Å²) in [4.78, 5) is 7.86. The second kappa shape index (κ2) is 4.37. The molecule has 0 bridgehead atoms. The van der Waals surface area contributed by atoms with Gasteiger partial charge in [-0.25, -0.2) is 14.4 Å². The molecule has 0 saturated heterocycles. The van der Waals surface area contributed by atoms with Crippen molar-refractivity contribution in [3.8, 4) is 17.5 Å². The van der Waals surface area contributed by atoms with E-state index in [1.165, 1.54) is 18.3 Å². The predicted molar refractivity (Wildman–Crippen MR) is 59.8 cm³/mol. The number of rotatable bonds is 1. The van der Waals surface area contributed by atoms with E-state index in [-0.39, 0.29) is 17.1 Å². The fourth-order valence-corrected chi connectivity index (χ4v) is 1.55. The minimum absolute atomic E-state index is 0.212. The van der Waals surface area contributed by atoms with Gasteiger partial charge in [0.2, 0.25) is 0 Å². The van der Waals surface area contributed by atoms with Crippen LogP contribution < -0.4 is 0 Å². The Hall–Kier alpha value is -1.80. The lowest BCUT2D eigenvalue weighted by Crippen LogP contribution is -1.93. The first-order valence-electron chi connectivity index (χ1n) is 4.39. The zero-order valence-corrected chi connectivity index (χ0v) is 9.57. The number of halogens is 2. The Morgan fingerprint density at radius 2 is 2.12 bits per heavy atom. The van der Waals surface area contributed by atoms with Crippen molar-refractivity contribution in [2.24, 2.45) is 0 Å². The van der Waals surface area contributed by atoms with Crippen LogP contribution in [0.4, 0.5) is 4.39 Å². The normalized spacial score (nSPS) is 9.81. The van der Waals surface area contributed by atoms with Crippen molar-refractivity contribution in [2.75, 3.05) is 0 Å². The maximum atomic E-state index is 13.6. The van der Waals surface area contributed by atoms with Gasteiger partial charge in [0.1, 0.15) is 17.6 Å². The van der Waals surface area contributed by atoms with Crippen molar-refractivity contribution in [3.05, 3.63) is 46.4 Å². The van der Waals surface area contributed by atoms with Gasteiger partial charge >= 0.3 is 0 Å². The third-order valence-electron chi connectivity index (χ3n) is 1.94. The molecule has 0 unspecified atom stereocenters. The zero-order chi connectivity index (χ0) is 11.5. The van der Waals surface area contributed by atoms with Crippen LogP contribution in [0.25, 0.3) is 11.4 Å². The van der Waals surface area contributed by atoms with Crippen molar-refractivity contribution in [1.29, 1.82) is 5.26 Å². The Morgan fingerprint density at radius 1 is 1.31 bits per heavy atom.